The highest BCUT2D eigenvalue weighted by Gasteiger charge is 2.50. The maximum absolute atomic E-state index is 14.2. The number of imidazole rings is 1. The molecule has 28 heavy (non-hydrogen) atoms. The molecule has 1 saturated heterocycles. The molecule has 5 nitrogen and oxygen atoms in total. The number of halogens is 2. The van der Waals surface area contributed by atoms with Crippen molar-refractivity contribution in [2.24, 2.45) is 0 Å². The molecule has 146 valence electrons. The lowest BCUT2D eigenvalue weighted by Crippen LogP contribution is -2.38. The Bertz CT molecular complexity index is 1070. The van der Waals surface area contributed by atoms with E-state index >= 15 is 0 Å². The van der Waals surface area contributed by atoms with Gasteiger partial charge in [0.25, 0.3) is 5.92 Å². The van der Waals surface area contributed by atoms with E-state index < -0.39 is 36.6 Å². The molecule has 1 fully saturated rings. The summed E-state index contributed by atoms with van der Waals surface area (Å²) in [5.74, 6) is -2.63. The summed E-state index contributed by atoms with van der Waals surface area (Å²) in [7, 11) is 2.02. The molecule has 0 radical (unpaired) electrons. The second-order valence-corrected chi connectivity index (χ2v) is 8.49. The van der Waals surface area contributed by atoms with Gasteiger partial charge in [-0.25, -0.2) is 18.6 Å². The molecule has 2 heterocycles. The van der Waals surface area contributed by atoms with Gasteiger partial charge in [0.2, 0.25) is 0 Å². The maximum Gasteiger partial charge on any atom is 0.411 e. The number of aromatic amines is 1. The van der Waals surface area contributed by atoms with Crippen molar-refractivity contribution in [3.05, 3.63) is 36.2 Å². The number of ether oxygens (including phenoxy) is 1. The van der Waals surface area contributed by atoms with E-state index in [2.05, 4.69) is 16.0 Å². The average Bonchev–Trinajstić information content (AvgIpc) is 3.13. The molecule has 0 bridgehead atoms. The zero-order valence-corrected chi connectivity index (χ0v) is 16.3. The van der Waals surface area contributed by atoms with E-state index in [1.807, 2.05) is 32.1 Å². The summed E-state index contributed by atoms with van der Waals surface area (Å²) in [6.07, 6.45) is -1.24. The predicted octanol–water partition coefficient (Wildman–Crippen LogP) is 3.29. The Morgan fingerprint density at radius 2 is 2.07 bits per heavy atom. The summed E-state index contributed by atoms with van der Waals surface area (Å²) in [5.41, 5.74) is 1.84. The van der Waals surface area contributed by atoms with Gasteiger partial charge in [0, 0.05) is 11.8 Å². The third kappa shape index (κ3) is 3.43. The van der Waals surface area contributed by atoms with Crippen molar-refractivity contribution >= 4 is 41.2 Å². The van der Waals surface area contributed by atoms with E-state index in [9.17, 15) is 13.6 Å². The van der Waals surface area contributed by atoms with Gasteiger partial charge in [-0.2, -0.15) is 0 Å². The van der Waals surface area contributed by atoms with Crippen LogP contribution in [0.3, 0.4) is 0 Å². The molecule has 0 unspecified atom stereocenters. The first-order chi connectivity index (χ1) is 13.0. The van der Waals surface area contributed by atoms with Crippen molar-refractivity contribution in [1.29, 1.82) is 0 Å². The summed E-state index contributed by atoms with van der Waals surface area (Å²) in [5, 5.41) is 2.01. The van der Waals surface area contributed by atoms with Crippen molar-refractivity contribution in [1.82, 2.24) is 14.9 Å². The van der Waals surface area contributed by atoms with Crippen molar-refractivity contribution < 1.29 is 18.3 Å². The number of nitrogens with one attached hydrogen (secondary N) is 1. The van der Waals surface area contributed by atoms with Gasteiger partial charge in [0.05, 0.1) is 23.6 Å². The van der Waals surface area contributed by atoms with Crippen LogP contribution in [0.25, 0.3) is 21.8 Å². The number of likely N-dealkylation sites (tertiary alicyclic amines) is 1. The van der Waals surface area contributed by atoms with Crippen LogP contribution in [0.1, 0.15) is 39.1 Å². The number of fused-ring (bicyclic) bond motifs is 3. The minimum atomic E-state index is -2.99. The highest BCUT2D eigenvalue weighted by molar-refractivity contribution is 6.33. The van der Waals surface area contributed by atoms with E-state index in [1.54, 1.807) is 20.8 Å². The number of amides is 1. The fourth-order valence-corrected chi connectivity index (χ4v) is 3.68. The van der Waals surface area contributed by atoms with Crippen molar-refractivity contribution in [2.75, 3.05) is 6.54 Å². The Morgan fingerprint density at radius 3 is 2.79 bits per heavy atom. The summed E-state index contributed by atoms with van der Waals surface area (Å²) in [6, 6.07) is 9.01. The van der Waals surface area contributed by atoms with Crippen LogP contribution in [0.4, 0.5) is 13.6 Å². The van der Waals surface area contributed by atoms with Crippen LogP contribution in [0, 0.1) is 0 Å². The fourth-order valence-electron chi connectivity index (χ4n) is 3.68. The van der Waals surface area contributed by atoms with Crippen LogP contribution in [0.5, 0.6) is 0 Å². The molecule has 1 amide bonds. The Kier molecular flexibility index (Phi) is 4.14. The molecule has 1 aromatic heterocycles. The Balaban J connectivity index is 1.76. The van der Waals surface area contributed by atoms with Gasteiger partial charge < -0.3 is 9.72 Å². The first kappa shape index (κ1) is 18.7. The van der Waals surface area contributed by atoms with Crippen LogP contribution in [0.2, 0.25) is 0 Å². The molecule has 0 saturated carbocycles. The highest BCUT2D eigenvalue weighted by atomic mass is 19.3. The molecular weight excluding hydrogens is 363 g/mol. The summed E-state index contributed by atoms with van der Waals surface area (Å²) >= 11 is 0. The monoisotopic (exact) mass is 385 g/mol. The first-order valence-electron chi connectivity index (χ1n) is 9.29. The largest absolute Gasteiger partial charge is 0.444 e. The normalized spacial score (nSPS) is 19.5. The summed E-state index contributed by atoms with van der Waals surface area (Å²) < 4.78 is 33.7. The summed E-state index contributed by atoms with van der Waals surface area (Å²) in [6.45, 7) is 4.46. The Hall–Kier alpha value is -2.64. The average molecular weight is 385 g/mol. The van der Waals surface area contributed by atoms with Crippen LogP contribution in [-0.4, -0.2) is 46.9 Å². The Labute approximate surface area is 162 Å². The second-order valence-electron chi connectivity index (χ2n) is 8.49. The maximum atomic E-state index is 14.2. The number of benzene rings is 2. The second kappa shape index (κ2) is 6.19. The number of carbonyl (C=O) groups excluding carboxylic acids is 1. The minimum Gasteiger partial charge on any atom is -0.444 e. The van der Waals surface area contributed by atoms with Crippen molar-refractivity contribution in [3.8, 4) is 0 Å². The minimum absolute atomic E-state index is 0.353. The fraction of sp³-hybridized carbons (Fsp3) is 0.400. The van der Waals surface area contributed by atoms with Gasteiger partial charge >= 0.3 is 6.09 Å². The molecule has 1 aliphatic heterocycles. The van der Waals surface area contributed by atoms with E-state index in [1.165, 1.54) is 0 Å². The first-order valence-corrected chi connectivity index (χ1v) is 9.29. The summed E-state index contributed by atoms with van der Waals surface area (Å²) in [4.78, 5) is 21.3. The molecule has 0 aliphatic carbocycles. The molecule has 1 aliphatic rings. The lowest BCUT2D eigenvalue weighted by molar-refractivity contribution is -0.00248. The number of alkyl halides is 2. The van der Waals surface area contributed by atoms with E-state index in [4.69, 9.17) is 4.74 Å². The quantitative estimate of drug-likeness (QED) is 0.654. The van der Waals surface area contributed by atoms with Gasteiger partial charge in [0.1, 0.15) is 19.3 Å². The molecule has 1 N–H and O–H groups in total. The van der Waals surface area contributed by atoms with Crippen LogP contribution in [0.15, 0.2) is 30.3 Å². The zero-order valence-electron chi connectivity index (χ0n) is 16.3. The molecule has 4 rings (SSSR count). The molecule has 0 spiro atoms. The smallest absolute Gasteiger partial charge is 0.411 e. The third-order valence-electron chi connectivity index (χ3n) is 4.86. The highest BCUT2D eigenvalue weighted by Crippen LogP contribution is 2.41. The van der Waals surface area contributed by atoms with Crippen LogP contribution >= 0.6 is 0 Å². The molecular formula is C20H22BF2N3O2. The lowest BCUT2D eigenvalue weighted by Gasteiger charge is -2.27. The van der Waals surface area contributed by atoms with Gasteiger partial charge in [-0.3, -0.25) is 4.90 Å². The Morgan fingerprint density at radius 1 is 1.32 bits per heavy atom. The number of nitrogens with zero attached hydrogens (tertiary/aromatic N) is 2. The predicted molar refractivity (Wildman–Crippen MR) is 107 cm³/mol. The zero-order chi connectivity index (χ0) is 20.3. The lowest BCUT2D eigenvalue weighted by atomic mass is 9.93. The number of rotatable bonds is 1. The molecule has 3 aromatic rings. The van der Waals surface area contributed by atoms with Crippen LogP contribution in [-0.2, 0) is 4.74 Å². The molecule has 8 heteroatoms. The number of hydrogen-bond acceptors (Lipinski definition) is 3. The molecule has 1 atom stereocenters. The van der Waals surface area contributed by atoms with Gasteiger partial charge in [0.15, 0.2) is 0 Å². The van der Waals surface area contributed by atoms with E-state index in [-0.39, 0.29) is 0 Å². The topological polar surface area (TPSA) is 58.2 Å². The van der Waals surface area contributed by atoms with Crippen molar-refractivity contribution in [3.63, 3.8) is 0 Å². The van der Waals surface area contributed by atoms with E-state index in [0.717, 1.165) is 26.7 Å². The van der Waals surface area contributed by atoms with Crippen molar-refractivity contribution in [2.45, 2.75) is 44.8 Å². The standard InChI is InChI=1S/C20H22BF2N3O2/c1-19(2,3)28-18(27)26-10-20(22,23)9-15(26)17-24-14-7-4-11-8-12(21)5-6-13(11)16(14)25-17/h4-8,15H,9-10,21H2,1-3H3,(H,24,25)/t15-/m0/s1. The third-order valence-corrected chi connectivity index (χ3v) is 4.86. The number of aromatic nitrogens is 2. The van der Waals surface area contributed by atoms with E-state index in [0.29, 0.717) is 11.3 Å². The van der Waals surface area contributed by atoms with Gasteiger partial charge in [-0.1, -0.05) is 29.7 Å². The number of carbonyl (C=O) groups is 1. The van der Waals surface area contributed by atoms with Gasteiger partial charge in [-0.05, 0) is 32.2 Å². The molecule has 2 aromatic carbocycles. The number of H-pyrrole nitrogens is 1. The number of hydrogen-bond donors (Lipinski definition) is 1. The van der Waals surface area contributed by atoms with Crippen LogP contribution < -0.4 is 5.46 Å². The van der Waals surface area contributed by atoms with Gasteiger partial charge in [-0.15, -0.1) is 0 Å². The SMILES string of the molecule is Bc1ccc2c(ccc3nc([C@@H]4CC(F)(F)CN4C(=O)OC(C)(C)C)[nH]c32)c1.